The molecule has 0 saturated carbocycles. The minimum atomic E-state index is -0.448. The van der Waals surface area contributed by atoms with E-state index in [-0.39, 0.29) is 5.69 Å². The second-order valence-corrected chi connectivity index (χ2v) is 5.84. The normalized spacial score (nSPS) is 10.4. The van der Waals surface area contributed by atoms with E-state index in [2.05, 4.69) is 10.4 Å². The molecule has 19 heavy (non-hydrogen) atoms. The van der Waals surface area contributed by atoms with E-state index in [1.165, 1.54) is 17.8 Å². The van der Waals surface area contributed by atoms with Gasteiger partial charge in [-0.2, -0.15) is 0 Å². The van der Waals surface area contributed by atoms with Crippen LogP contribution in [0.3, 0.4) is 0 Å². The lowest BCUT2D eigenvalue weighted by Crippen LogP contribution is -2.11. The molecule has 0 bridgehead atoms. The zero-order chi connectivity index (χ0) is 13.8. The molecule has 0 fully saturated rings. The van der Waals surface area contributed by atoms with Crippen LogP contribution >= 0.6 is 23.1 Å². The molecule has 0 atom stereocenters. The number of benzene rings is 1. The van der Waals surface area contributed by atoms with Crippen molar-refractivity contribution in [2.24, 2.45) is 5.84 Å². The molecule has 0 saturated heterocycles. The van der Waals surface area contributed by atoms with Gasteiger partial charge in [0.25, 0.3) is 5.69 Å². The van der Waals surface area contributed by atoms with Crippen LogP contribution in [0.15, 0.2) is 27.9 Å². The number of hydrogen-bond acceptors (Lipinski definition) is 7. The Balaban J connectivity index is 2.20. The molecular formula is C11H12N4O2S2. The third kappa shape index (κ3) is 3.22. The fraction of sp³-hybridized carbons (Fsp3) is 0.182. The van der Waals surface area contributed by atoms with Crippen molar-refractivity contribution in [3.63, 3.8) is 0 Å². The van der Waals surface area contributed by atoms with E-state index >= 15 is 0 Å². The molecule has 0 radical (unpaired) electrons. The number of nitrogens with two attached hydrogens (primary N) is 1. The molecule has 3 N–H and O–H groups in total. The van der Waals surface area contributed by atoms with Gasteiger partial charge in [0.1, 0.15) is 10.0 Å². The summed E-state index contributed by atoms with van der Waals surface area (Å²) in [6.07, 6.45) is 0. The lowest BCUT2D eigenvalue weighted by Gasteiger charge is -2.08. The number of aryl methyl sites for hydroxylation is 1. The van der Waals surface area contributed by atoms with Crippen LogP contribution in [0.1, 0.15) is 11.3 Å². The molecule has 100 valence electrons. The maximum absolute atomic E-state index is 10.9. The number of thiazole rings is 1. The molecule has 2 rings (SSSR count). The summed E-state index contributed by atoms with van der Waals surface area (Å²) >= 11 is 3.09. The standard InChI is InChI=1S/C11H12N4O2S2/c1-7-5-18-11(13-7)19-6-8-3-2-4-9(15(16)17)10(8)14-12/h2-5,14H,6,12H2,1H3. The highest BCUT2D eigenvalue weighted by atomic mass is 32.2. The first kappa shape index (κ1) is 13.8. The van der Waals surface area contributed by atoms with E-state index in [4.69, 9.17) is 5.84 Å². The summed E-state index contributed by atoms with van der Waals surface area (Å²) in [6.45, 7) is 1.93. The number of nitro groups is 1. The molecule has 0 aliphatic carbocycles. The van der Waals surface area contributed by atoms with E-state index in [0.717, 1.165) is 15.6 Å². The number of nitro benzene ring substituents is 1. The molecular weight excluding hydrogens is 284 g/mol. The summed E-state index contributed by atoms with van der Waals surface area (Å²) in [4.78, 5) is 14.8. The Labute approximate surface area is 118 Å². The summed E-state index contributed by atoms with van der Waals surface area (Å²) < 4.78 is 0.937. The molecule has 1 heterocycles. The molecule has 0 amide bonds. The van der Waals surface area contributed by atoms with Gasteiger partial charge in [-0.25, -0.2) is 4.98 Å². The first-order valence-corrected chi connectivity index (χ1v) is 7.26. The molecule has 6 nitrogen and oxygen atoms in total. The monoisotopic (exact) mass is 296 g/mol. The maximum Gasteiger partial charge on any atom is 0.293 e. The number of thioether (sulfide) groups is 1. The Bertz CT molecular complexity index is 600. The summed E-state index contributed by atoms with van der Waals surface area (Å²) in [6, 6.07) is 4.90. The second-order valence-electron chi connectivity index (χ2n) is 3.76. The summed E-state index contributed by atoms with van der Waals surface area (Å²) in [7, 11) is 0. The molecule has 1 aromatic heterocycles. The van der Waals surface area contributed by atoms with E-state index in [1.54, 1.807) is 17.4 Å². The van der Waals surface area contributed by atoms with Gasteiger partial charge in [0.15, 0.2) is 0 Å². The van der Waals surface area contributed by atoms with Crippen LogP contribution in [0.2, 0.25) is 0 Å². The fourth-order valence-corrected chi connectivity index (χ4v) is 3.41. The van der Waals surface area contributed by atoms with E-state index in [9.17, 15) is 10.1 Å². The van der Waals surface area contributed by atoms with Crippen LogP contribution in [0.5, 0.6) is 0 Å². The van der Waals surface area contributed by atoms with Crippen molar-refractivity contribution in [1.82, 2.24) is 4.98 Å². The summed E-state index contributed by atoms with van der Waals surface area (Å²) in [5.74, 6) is 5.96. The van der Waals surface area contributed by atoms with Crippen molar-refractivity contribution in [2.45, 2.75) is 17.0 Å². The van der Waals surface area contributed by atoms with Gasteiger partial charge < -0.3 is 5.43 Å². The van der Waals surface area contributed by atoms with Gasteiger partial charge >= 0.3 is 0 Å². The highest BCUT2D eigenvalue weighted by molar-refractivity contribution is 8.00. The van der Waals surface area contributed by atoms with Crippen LogP contribution in [0.25, 0.3) is 0 Å². The molecule has 0 aliphatic rings. The van der Waals surface area contributed by atoms with E-state index in [0.29, 0.717) is 11.4 Å². The number of para-hydroxylation sites is 1. The van der Waals surface area contributed by atoms with Crippen molar-refractivity contribution in [3.05, 3.63) is 45.0 Å². The lowest BCUT2D eigenvalue weighted by atomic mass is 10.2. The van der Waals surface area contributed by atoms with Gasteiger partial charge in [-0.05, 0) is 12.5 Å². The highest BCUT2D eigenvalue weighted by Crippen LogP contribution is 2.33. The number of anilines is 1. The first-order chi connectivity index (χ1) is 9.11. The van der Waals surface area contributed by atoms with E-state index in [1.807, 2.05) is 18.4 Å². The average Bonchev–Trinajstić information content (AvgIpc) is 2.81. The Kier molecular flexibility index (Phi) is 4.35. The van der Waals surface area contributed by atoms with Crippen LogP contribution in [-0.2, 0) is 5.75 Å². The Morgan fingerprint density at radius 3 is 2.95 bits per heavy atom. The SMILES string of the molecule is Cc1csc(SCc2cccc([N+](=O)[O-])c2NN)n1. The average molecular weight is 296 g/mol. The van der Waals surface area contributed by atoms with Gasteiger partial charge in [0, 0.05) is 22.9 Å². The van der Waals surface area contributed by atoms with Gasteiger partial charge in [-0.15, -0.1) is 11.3 Å². The van der Waals surface area contributed by atoms with Gasteiger partial charge in [-0.1, -0.05) is 23.9 Å². The number of nitrogens with zero attached hydrogens (tertiary/aromatic N) is 2. The second kappa shape index (κ2) is 6.00. The lowest BCUT2D eigenvalue weighted by molar-refractivity contribution is -0.384. The molecule has 8 heteroatoms. The molecule has 2 aromatic rings. The quantitative estimate of drug-likeness (QED) is 0.381. The van der Waals surface area contributed by atoms with Gasteiger partial charge in [0.05, 0.1) is 4.92 Å². The van der Waals surface area contributed by atoms with Crippen LogP contribution in [0.4, 0.5) is 11.4 Å². The van der Waals surface area contributed by atoms with E-state index < -0.39 is 4.92 Å². The third-order valence-electron chi connectivity index (χ3n) is 2.42. The van der Waals surface area contributed by atoms with Crippen molar-refractivity contribution >= 4 is 34.5 Å². The van der Waals surface area contributed by atoms with Gasteiger partial charge in [0.2, 0.25) is 0 Å². The molecule has 0 spiro atoms. The number of aromatic nitrogens is 1. The van der Waals surface area contributed by atoms with Gasteiger partial charge in [-0.3, -0.25) is 16.0 Å². The van der Waals surface area contributed by atoms with Crippen molar-refractivity contribution < 1.29 is 4.92 Å². The van der Waals surface area contributed by atoms with Crippen molar-refractivity contribution in [2.75, 3.05) is 5.43 Å². The number of nitrogen functional groups attached to an aromatic ring is 1. The molecule has 1 aromatic carbocycles. The topological polar surface area (TPSA) is 94.1 Å². The number of rotatable bonds is 5. The summed E-state index contributed by atoms with van der Waals surface area (Å²) in [5.41, 5.74) is 4.51. The van der Waals surface area contributed by atoms with Crippen molar-refractivity contribution in [3.8, 4) is 0 Å². The minimum Gasteiger partial charge on any atom is -0.318 e. The van der Waals surface area contributed by atoms with Crippen LogP contribution in [-0.4, -0.2) is 9.91 Å². The Morgan fingerprint density at radius 2 is 2.37 bits per heavy atom. The fourth-order valence-electron chi connectivity index (χ4n) is 1.56. The maximum atomic E-state index is 10.9. The first-order valence-electron chi connectivity index (χ1n) is 5.39. The Morgan fingerprint density at radius 1 is 1.58 bits per heavy atom. The third-order valence-corrected chi connectivity index (χ3v) is 4.61. The molecule has 0 unspecified atom stereocenters. The van der Waals surface area contributed by atoms with Crippen molar-refractivity contribution in [1.29, 1.82) is 0 Å². The predicted molar refractivity (Wildman–Crippen MR) is 77.3 cm³/mol. The number of hydrogen-bond donors (Lipinski definition) is 2. The summed E-state index contributed by atoms with van der Waals surface area (Å²) in [5, 5.41) is 12.9. The Hall–Kier alpha value is -1.64. The zero-order valence-electron chi connectivity index (χ0n) is 10.1. The van der Waals surface area contributed by atoms with Crippen LogP contribution in [0, 0.1) is 17.0 Å². The largest absolute Gasteiger partial charge is 0.318 e. The minimum absolute atomic E-state index is 0.0177. The smallest absolute Gasteiger partial charge is 0.293 e. The number of nitrogens with one attached hydrogen (secondary N) is 1. The predicted octanol–water partition coefficient (Wildman–Crippen LogP) is 2.94. The molecule has 0 aliphatic heterocycles. The highest BCUT2D eigenvalue weighted by Gasteiger charge is 2.16. The number of hydrazine groups is 1. The zero-order valence-corrected chi connectivity index (χ0v) is 11.8. The van der Waals surface area contributed by atoms with Crippen LogP contribution < -0.4 is 11.3 Å².